The number of sulfonamides is 1. The van der Waals surface area contributed by atoms with Gasteiger partial charge in [-0.15, -0.1) is 0 Å². The molecule has 146 valence electrons. The van der Waals surface area contributed by atoms with Gasteiger partial charge in [0, 0.05) is 18.8 Å². The Labute approximate surface area is 157 Å². The van der Waals surface area contributed by atoms with E-state index in [2.05, 4.69) is 5.32 Å². The van der Waals surface area contributed by atoms with Crippen LogP contribution in [0.4, 0.5) is 5.69 Å². The zero-order valence-corrected chi connectivity index (χ0v) is 16.8. The van der Waals surface area contributed by atoms with E-state index in [1.54, 1.807) is 25.2 Å². The highest BCUT2D eigenvalue weighted by molar-refractivity contribution is 7.89. The van der Waals surface area contributed by atoms with Crippen molar-refractivity contribution in [3.8, 4) is 0 Å². The number of nitrogens with zero attached hydrogens (tertiary/aromatic N) is 1. The van der Waals surface area contributed by atoms with Crippen molar-refractivity contribution in [2.45, 2.75) is 69.4 Å². The summed E-state index contributed by atoms with van der Waals surface area (Å²) in [5, 5.41) is 2.73. The van der Waals surface area contributed by atoms with E-state index in [4.69, 9.17) is 5.73 Å². The third-order valence-electron chi connectivity index (χ3n) is 4.93. The van der Waals surface area contributed by atoms with E-state index >= 15 is 0 Å². The summed E-state index contributed by atoms with van der Waals surface area (Å²) in [6, 6.07) is 5.84. The SMILES string of the molecule is CC(C)C[C@H](N)C(=O)Nc1cccc(S(=O)(=O)N(C)C2CCCCC2)c1. The molecule has 3 N–H and O–H groups in total. The van der Waals surface area contributed by atoms with Crippen molar-refractivity contribution < 1.29 is 13.2 Å². The normalized spacial score (nSPS) is 17.5. The molecule has 0 saturated heterocycles. The maximum atomic E-state index is 12.9. The second kappa shape index (κ2) is 8.97. The lowest BCUT2D eigenvalue weighted by molar-refractivity contribution is -0.117. The third kappa shape index (κ3) is 5.28. The topological polar surface area (TPSA) is 92.5 Å². The van der Waals surface area contributed by atoms with Crippen LogP contribution in [-0.4, -0.2) is 37.8 Å². The Morgan fingerprint density at radius 1 is 1.27 bits per heavy atom. The van der Waals surface area contributed by atoms with Crippen LogP contribution in [0.3, 0.4) is 0 Å². The number of hydrogen-bond acceptors (Lipinski definition) is 4. The fourth-order valence-electron chi connectivity index (χ4n) is 3.39. The van der Waals surface area contributed by atoms with E-state index in [1.165, 1.54) is 16.8 Å². The van der Waals surface area contributed by atoms with Crippen LogP contribution in [0.1, 0.15) is 52.4 Å². The number of carbonyl (C=O) groups is 1. The first kappa shape index (κ1) is 20.9. The lowest BCUT2D eigenvalue weighted by Crippen LogP contribution is -2.38. The molecule has 1 amide bonds. The molecule has 1 atom stereocenters. The maximum Gasteiger partial charge on any atom is 0.243 e. The minimum atomic E-state index is -3.59. The lowest BCUT2D eigenvalue weighted by Gasteiger charge is -2.30. The summed E-state index contributed by atoms with van der Waals surface area (Å²) < 4.78 is 27.4. The smallest absolute Gasteiger partial charge is 0.243 e. The van der Waals surface area contributed by atoms with Crippen molar-refractivity contribution in [3.63, 3.8) is 0 Å². The predicted octanol–water partition coefficient (Wildman–Crippen LogP) is 2.95. The minimum absolute atomic E-state index is 0.0476. The van der Waals surface area contributed by atoms with Gasteiger partial charge in [-0.25, -0.2) is 8.42 Å². The molecule has 26 heavy (non-hydrogen) atoms. The Kier molecular flexibility index (Phi) is 7.20. The molecule has 7 heteroatoms. The lowest BCUT2D eigenvalue weighted by atomic mass is 9.96. The molecule has 0 bridgehead atoms. The van der Waals surface area contributed by atoms with Gasteiger partial charge in [0.1, 0.15) is 0 Å². The fraction of sp³-hybridized carbons (Fsp3) is 0.632. The number of anilines is 1. The minimum Gasteiger partial charge on any atom is -0.325 e. The van der Waals surface area contributed by atoms with Gasteiger partial charge in [0.2, 0.25) is 15.9 Å². The van der Waals surface area contributed by atoms with Gasteiger partial charge in [-0.3, -0.25) is 4.79 Å². The Bertz CT molecular complexity index is 712. The summed E-state index contributed by atoms with van der Waals surface area (Å²) in [7, 11) is -1.94. The highest BCUT2D eigenvalue weighted by Gasteiger charge is 2.29. The third-order valence-corrected chi connectivity index (χ3v) is 6.84. The Morgan fingerprint density at radius 2 is 1.92 bits per heavy atom. The van der Waals surface area contributed by atoms with E-state index in [1.807, 2.05) is 13.8 Å². The molecule has 0 aliphatic heterocycles. The summed E-state index contributed by atoms with van der Waals surface area (Å²) in [6.45, 7) is 4.00. The molecule has 0 unspecified atom stereocenters. The average Bonchev–Trinajstić information content (AvgIpc) is 2.61. The quantitative estimate of drug-likeness (QED) is 0.759. The van der Waals surface area contributed by atoms with Crippen LogP contribution in [0.25, 0.3) is 0 Å². The number of nitrogens with two attached hydrogens (primary N) is 1. The maximum absolute atomic E-state index is 12.9. The molecule has 0 aromatic heterocycles. The predicted molar refractivity (Wildman–Crippen MR) is 104 cm³/mol. The van der Waals surface area contributed by atoms with E-state index < -0.39 is 16.1 Å². The number of hydrogen-bond donors (Lipinski definition) is 2. The van der Waals surface area contributed by atoms with E-state index in [-0.39, 0.29) is 16.8 Å². The van der Waals surface area contributed by atoms with Gasteiger partial charge in [0.25, 0.3) is 0 Å². The first-order chi connectivity index (χ1) is 12.2. The van der Waals surface area contributed by atoms with Gasteiger partial charge in [-0.05, 0) is 43.4 Å². The van der Waals surface area contributed by atoms with Crippen molar-refractivity contribution in [3.05, 3.63) is 24.3 Å². The molecular weight excluding hydrogens is 350 g/mol. The molecule has 1 fully saturated rings. The number of rotatable bonds is 7. The summed E-state index contributed by atoms with van der Waals surface area (Å²) in [5.41, 5.74) is 6.35. The Balaban J connectivity index is 2.13. The van der Waals surface area contributed by atoms with Crippen LogP contribution in [0.5, 0.6) is 0 Å². The first-order valence-corrected chi connectivity index (χ1v) is 10.8. The van der Waals surface area contributed by atoms with Gasteiger partial charge in [-0.2, -0.15) is 4.31 Å². The summed E-state index contributed by atoms with van der Waals surface area (Å²) in [5.74, 6) is 0.0143. The highest BCUT2D eigenvalue weighted by Crippen LogP contribution is 2.27. The average molecular weight is 382 g/mol. The van der Waals surface area contributed by atoms with Gasteiger partial charge in [0.15, 0.2) is 0 Å². The molecule has 0 heterocycles. The van der Waals surface area contributed by atoms with Gasteiger partial charge >= 0.3 is 0 Å². The second-order valence-electron chi connectivity index (χ2n) is 7.57. The van der Waals surface area contributed by atoms with Crippen molar-refractivity contribution in [1.82, 2.24) is 4.31 Å². The number of amides is 1. The van der Waals surface area contributed by atoms with Crippen molar-refractivity contribution in [2.24, 2.45) is 11.7 Å². The Morgan fingerprint density at radius 3 is 2.54 bits per heavy atom. The van der Waals surface area contributed by atoms with Crippen LogP contribution in [0, 0.1) is 5.92 Å². The summed E-state index contributed by atoms with van der Waals surface area (Å²) in [6.07, 6.45) is 5.67. The zero-order valence-electron chi connectivity index (χ0n) is 15.9. The van der Waals surface area contributed by atoms with Gasteiger partial charge in [0.05, 0.1) is 10.9 Å². The van der Waals surface area contributed by atoms with Gasteiger partial charge < -0.3 is 11.1 Å². The highest BCUT2D eigenvalue weighted by atomic mass is 32.2. The van der Waals surface area contributed by atoms with Crippen LogP contribution >= 0.6 is 0 Å². The molecule has 1 saturated carbocycles. The molecule has 0 radical (unpaired) electrons. The fourth-order valence-corrected chi connectivity index (χ4v) is 4.85. The van der Waals surface area contributed by atoms with E-state index in [0.29, 0.717) is 18.0 Å². The van der Waals surface area contributed by atoms with Crippen LogP contribution in [-0.2, 0) is 14.8 Å². The van der Waals surface area contributed by atoms with Crippen molar-refractivity contribution in [2.75, 3.05) is 12.4 Å². The van der Waals surface area contributed by atoms with Crippen LogP contribution in [0.2, 0.25) is 0 Å². The molecule has 1 aliphatic carbocycles. The molecular formula is C19H31N3O3S. The number of benzene rings is 1. The van der Waals surface area contributed by atoms with Crippen LogP contribution < -0.4 is 11.1 Å². The summed E-state index contributed by atoms with van der Waals surface area (Å²) >= 11 is 0. The number of carbonyl (C=O) groups excluding carboxylic acids is 1. The molecule has 0 spiro atoms. The Hall–Kier alpha value is -1.44. The molecule has 1 aromatic rings. The van der Waals surface area contributed by atoms with Crippen molar-refractivity contribution >= 4 is 21.6 Å². The first-order valence-electron chi connectivity index (χ1n) is 9.36. The van der Waals surface area contributed by atoms with Crippen molar-refractivity contribution in [1.29, 1.82) is 0 Å². The molecule has 2 rings (SSSR count). The second-order valence-corrected chi connectivity index (χ2v) is 9.56. The monoisotopic (exact) mass is 381 g/mol. The van der Waals surface area contributed by atoms with E-state index in [0.717, 1.165) is 25.7 Å². The van der Waals surface area contributed by atoms with E-state index in [9.17, 15) is 13.2 Å². The standard InChI is InChI=1S/C19H31N3O3S/c1-14(2)12-18(20)19(23)21-15-8-7-11-17(13-15)26(24,25)22(3)16-9-5-4-6-10-16/h7-8,11,13-14,16,18H,4-6,9-10,12,20H2,1-3H3,(H,21,23)/t18-/m0/s1. The summed E-state index contributed by atoms with van der Waals surface area (Å²) in [4.78, 5) is 12.4. The molecule has 1 aliphatic rings. The number of nitrogens with one attached hydrogen (secondary N) is 1. The molecule has 1 aromatic carbocycles. The largest absolute Gasteiger partial charge is 0.325 e. The zero-order chi connectivity index (χ0) is 19.3. The van der Waals surface area contributed by atoms with Gasteiger partial charge in [-0.1, -0.05) is 39.2 Å². The van der Waals surface area contributed by atoms with Crippen LogP contribution in [0.15, 0.2) is 29.2 Å². The molecule has 6 nitrogen and oxygen atoms in total.